The zero-order valence-electron chi connectivity index (χ0n) is 13.2. The maximum Gasteiger partial charge on any atom is 0.0431 e. The molecule has 1 aliphatic rings. The summed E-state index contributed by atoms with van der Waals surface area (Å²) in [6.45, 7) is 8.07. The molecule has 0 radical (unpaired) electrons. The molecule has 1 atom stereocenters. The lowest BCUT2D eigenvalue weighted by atomic mass is 9.87. The lowest BCUT2D eigenvalue weighted by molar-refractivity contribution is 0.233. The van der Waals surface area contributed by atoms with E-state index in [0.29, 0.717) is 12.6 Å². The zero-order valence-corrected chi connectivity index (χ0v) is 13.2. The Morgan fingerprint density at radius 3 is 2.75 bits per heavy atom. The second-order valence-corrected chi connectivity index (χ2v) is 6.98. The van der Waals surface area contributed by atoms with Crippen LogP contribution in [-0.4, -0.2) is 18.3 Å². The molecular weight excluding hydrogens is 246 g/mol. The summed E-state index contributed by atoms with van der Waals surface area (Å²) in [7, 11) is 0. The van der Waals surface area contributed by atoms with Gasteiger partial charge in [-0.2, -0.15) is 0 Å². The van der Waals surface area contributed by atoms with Crippen LogP contribution in [0.5, 0.6) is 0 Å². The zero-order chi connectivity index (χ0) is 14.6. The Morgan fingerprint density at radius 1 is 1.25 bits per heavy atom. The van der Waals surface area contributed by atoms with Gasteiger partial charge in [-0.1, -0.05) is 32.0 Å². The monoisotopic (exact) mass is 275 g/mol. The van der Waals surface area contributed by atoms with Crippen molar-refractivity contribution in [1.82, 2.24) is 5.32 Å². The predicted molar refractivity (Wildman–Crippen MR) is 85.0 cm³/mol. The molecule has 0 saturated heterocycles. The van der Waals surface area contributed by atoms with Gasteiger partial charge in [0.05, 0.1) is 0 Å². The number of hydrogen-bond acceptors (Lipinski definition) is 2. The number of aliphatic hydroxyl groups is 1. The second kappa shape index (κ2) is 6.73. The maximum absolute atomic E-state index is 8.95. The minimum atomic E-state index is 0.244. The van der Waals surface area contributed by atoms with Gasteiger partial charge in [0.15, 0.2) is 0 Å². The van der Waals surface area contributed by atoms with Crippen LogP contribution in [0.25, 0.3) is 0 Å². The van der Waals surface area contributed by atoms with Gasteiger partial charge >= 0.3 is 0 Å². The van der Waals surface area contributed by atoms with Crippen molar-refractivity contribution in [2.75, 3.05) is 13.2 Å². The van der Waals surface area contributed by atoms with Crippen LogP contribution in [0.1, 0.15) is 62.8 Å². The van der Waals surface area contributed by atoms with E-state index in [-0.39, 0.29) is 5.41 Å². The van der Waals surface area contributed by atoms with Crippen LogP contribution in [0.15, 0.2) is 18.2 Å². The van der Waals surface area contributed by atoms with Crippen molar-refractivity contribution >= 4 is 0 Å². The summed E-state index contributed by atoms with van der Waals surface area (Å²) in [6, 6.07) is 7.38. The average molecular weight is 275 g/mol. The van der Waals surface area contributed by atoms with E-state index in [0.717, 1.165) is 19.4 Å². The quantitative estimate of drug-likeness (QED) is 0.796. The summed E-state index contributed by atoms with van der Waals surface area (Å²) >= 11 is 0. The van der Waals surface area contributed by atoms with Gasteiger partial charge in [-0.25, -0.2) is 0 Å². The molecule has 0 amide bonds. The van der Waals surface area contributed by atoms with Gasteiger partial charge in [0.1, 0.15) is 0 Å². The van der Waals surface area contributed by atoms with Crippen LogP contribution in [0.4, 0.5) is 0 Å². The number of aryl methyl sites for hydroxylation is 2. The van der Waals surface area contributed by atoms with Crippen molar-refractivity contribution in [1.29, 1.82) is 0 Å². The molecule has 0 spiro atoms. The molecule has 2 heteroatoms. The van der Waals surface area contributed by atoms with Gasteiger partial charge in [-0.3, -0.25) is 0 Å². The van der Waals surface area contributed by atoms with E-state index >= 15 is 0 Å². The SMILES string of the molecule is CC(NCC(C)(C)CCCO)c1ccc2c(c1)CCC2. The maximum atomic E-state index is 8.95. The Labute approximate surface area is 123 Å². The first kappa shape index (κ1) is 15.5. The highest BCUT2D eigenvalue weighted by atomic mass is 16.2. The average Bonchev–Trinajstić information content (AvgIpc) is 2.90. The van der Waals surface area contributed by atoms with Gasteiger partial charge in [-0.15, -0.1) is 0 Å². The standard InChI is InChI=1S/C18H29NO/c1-14(19-13-18(2,3)10-5-11-20)16-9-8-15-6-4-7-17(15)12-16/h8-9,12,14,19-20H,4-7,10-11,13H2,1-3H3. The van der Waals surface area contributed by atoms with Crippen molar-refractivity contribution in [3.05, 3.63) is 34.9 Å². The Hall–Kier alpha value is -0.860. The van der Waals surface area contributed by atoms with Crippen LogP contribution in [-0.2, 0) is 12.8 Å². The molecule has 0 aromatic heterocycles. The van der Waals surface area contributed by atoms with Gasteiger partial charge < -0.3 is 10.4 Å². The molecular formula is C18H29NO. The van der Waals surface area contributed by atoms with E-state index in [1.54, 1.807) is 11.1 Å². The normalized spacial score (nSPS) is 16.2. The Balaban J connectivity index is 1.90. The van der Waals surface area contributed by atoms with E-state index in [1.165, 1.54) is 24.8 Å². The molecule has 2 N–H and O–H groups in total. The summed E-state index contributed by atoms with van der Waals surface area (Å²) < 4.78 is 0. The minimum Gasteiger partial charge on any atom is -0.396 e. The molecule has 1 aromatic carbocycles. The summed E-state index contributed by atoms with van der Waals surface area (Å²) in [5, 5.41) is 12.6. The number of aliphatic hydroxyl groups excluding tert-OH is 1. The van der Waals surface area contributed by atoms with Gasteiger partial charge in [0, 0.05) is 19.2 Å². The minimum absolute atomic E-state index is 0.244. The fourth-order valence-electron chi connectivity index (χ4n) is 3.05. The summed E-state index contributed by atoms with van der Waals surface area (Å²) in [5.41, 5.74) is 4.75. The summed E-state index contributed by atoms with van der Waals surface area (Å²) in [6.07, 6.45) is 5.77. The molecule has 1 unspecified atom stereocenters. The molecule has 2 rings (SSSR count). The molecule has 0 fully saturated rings. The van der Waals surface area contributed by atoms with E-state index in [1.807, 2.05) is 0 Å². The Kier molecular flexibility index (Phi) is 5.22. The predicted octanol–water partition coefficient (Wildman–Crippen LogP) is 3.62. The van der Waals surface area contributed by atoms with Gasteiger partial charge in [0.25, 0.3) is 0 Å². The highest BCUT2D eigenvalue weighted by Gasteiger charge is 2.19. The van der Waals surface area contributed by atoms with Crippen LogP contribution in [0.2, 0.25) is 0 Å². The number of fused-ring (bicyclic) bond motifs is 1. The highest BCUT2D eigenvalue weighted by Crippen LogP contribution is 2.26. The third-order valence-corrected chi connectivity index (χ3v) is 4.52. The smallest absolute Gasteiger partial charge is 0.0431 e. The molecule has 1 aliphatic carbocycles. The molecule has 0 saturated carbocycles. The first-order valence-corrected chi connectivity index (χ1v) is 7.98. The highest BCUT2D eigenvalue weighted by molar-refractivity contribution is 5.36. The fourth-order valence-corrected chi connectivity index (χ4v) is 3.05. The van der Waals surface area contributed by atoms with Crippen LogP contribution in [0.3, 0.4) is 0 Å². The number of nitrogens with one attached hydrogen (secondary N) is 1. The first-order chi connectivity index (χ1) is 9.52. The molecule has 0 bridgehead atoms. The van der Waals surface area contributed by atoms with Crippen molar-refractivity contribution in [3.8, 4) is 0 Å². The molecule has 2 nitrogen and oxygen atoms in total. The van der Waals surface area contributed by atoms with Crippen molar-refractivity contribution in [2.24, 2.45) is 5.41 Å². The number of rotatable bonds is 7. The van der Waals surface area contributed by atoms with Gasteiger partial charge in [0.2, 0.25) is 0 Å². The van der Waals surface area contributed by atoms with E-state index in [9.17, 15) is 0 Å². The van der Waals surface area contributed by atoms with Gasteiger partial charge in [-0.05, 0) is 61.1 Å². The first-order valence-electron chi connectivity index (χ1n) is 7.98. The summed E-state index contributed by atoms with van der Waals surface area (Å²) in [5.74, 6) is 0. The topological polar surface area (TPSA) is 32.3 Å². The molecule has 0 heterocycles. The molecule has 20 heavy (non-hydrogen) atoms. The molecule has 112 valence electrons. The third kappa shape index (κ3) is 4.07. The van der Waals surface area contributed by atoms with Crippen molar-refractivity contribution in [2.45, 2.75) is 58.9 Å². The van der Waals surface area contributed by atoms with E-state index in [2.05, 4.69) is 44.3 Å². The summed E-state index contributed by atoms with van der Waals surface area (Å²) in [4.78, 5) is 0. The van der Waals surface area contributed by atoms with Crippen LogP contribution < -0.4 is 5.32 Å². The molecule has 1 aromatic rings. The number of benzene rings is 1. The molecule has 0 aliphatic heterocycles. The number of hydrogen-bond donors (Lipinski definition) is 2. The third-order valence-electron chi connectivity index (χ3n) is 4.52. The Bertz CT molecular complexity index is 439. The van der Waals surface area contributed by atoms with E-state index < -0.39 is 0 Å². The van der Waals surface area contributed by atoms with Crippen LogP contribution in [0, 0.1) is 5.41 Å². The fraction of sp³-hybridized carbons (Fsp3) is 0.667. The largest absolute Gasteiger partial charge is 0.396 e. The van der Waals surface area contributed by atoms with E-state index in [4.69, 9.17) is 5.11 Å². The lowest BCUT2D eigenvalue weighted by Crippen LogP contribution is -2.31. The lowest BCUT2D eigenvalue weighted by Gasteiger charge is -2.27. The van der Waals surface area contributed by atoms with Crippen molar-refractivity contribution < 1.29 is 5.11 Å². The van der Waals surface area contributed by atoms with Crippen LogP contribution >= 0.6 is 0 Å². The second-order valence-electron chi connectivity index (χ2n) is 6.98. The Morgan fingerprint density at radius 2 is 2.00 bits per heavy atom. The van der Waals surface area contributed by atoms with Crippen molar-refractivity contribution in [3.63, 3.8) is 0 Å².